The number of aromatic nitrogens is 6. The first-order valence-corrected chi connectivity index (χ1v) is 8.40. The molecule has 1 aromatic carbocycles. The van der Waals surface area contributed by atoms with Gasteiger partial charge in [-0.2, -0.15) is 9.90 Å². The van der Waals surface area contributed by atoms with E-state index in [0.29, 0.717) is 19.0 Å². The average molecular weight is 339 g/mol. The summed E-state index contributed by atoms with van der Waals surface area (Å²) in [5.41, 5.74) is 2.33. The quantitative estimate of drug-likeness (QED) is 0.691. The summed E-state index contributed by atoms with van der Waals surface area (Å²) in [6.45, 7) is 3.81. The third kappa shape index (κ3) is 3.75. The Balaban J connectivity index is 1.40. The van der Waals surface area contributed by atoms with E-state index in [0.717, 1.165) is 25.3 Å². The van der Waals surface area contributed by atoms with Gasteiger partial charge in [0, 0.05) is 32.9 Å². The van der Waals surface area contributed by atoms with Gasteiger partial charge in [-0.25, -0.2) is 0 Å². The van der Waals surface area contributed by atoms with Crippen molar-refractivity contribution in [2.75, 3.05) is 19.7 Å². The highest BCUT2D eigenvalue weighted by Crippen LogP contribution is 2.20. The molecule has 1 saturated heterocycles. The normalized spacial score (nSPS) is 18.5. The molecule has 0 spiro atoms. The summed E-state index contributed by atoms with van der Waals surface area (Å²) in [4.78, 5) is 3.96. The molecule has 0 N–H and O–H groups in total. The largest absolute Gasteiger partial charge is 0.367 e. The fourth-order valence-electron chi connectivity index (χ4n) is 3.00. The molecule has 3 heterocycles. The Bertz CT molecular complexity index is 813. The van der Waals surface area contributed by atoms with Crippen molar-refractivity contribution < 1.29 is 4.74 Å². The highest BCUT2D eigenvalue weighted by Gasteiger charge is 2.25. The monoisotopic (exact) mass is 339 g/mol. The standard InChI is InChI=1S/C17H21N7O/c1-22-15(7-8-18-22)12-24-20-17(19-21-24)16-13-23(9-10-25-16)11-14-5-3-2-4-6-14/h2-8,16H,9-13H2,1H3. The van der Waals surface area contributed by atoms with Crippen LogP contribution < -0.4 is 0 Å². The van der Waals surface area contributed by atoms with Gasteiger partial charge in [-0.05, 0) is 16.8 Å². The second-order valence-corrected chi connectivity index (χ2v) is 6.20. The van der Waals surface area contributed by atoms with Crippen molar-refractivity contribution in [2.24, 2.45) is 7.05 Å². The maximum Gasteiger partial charge on any atom is 0.204 e. The van der Waals surface area contributed by atoms with Gasteiger partial charge in [-0.3, -0.25) is 9.58 Å². The fraction of sp³-hybridized carbons (Fsp3) is 0.412. The summed E-state index contributed by atoms with van der Waals surface area (Å²) in [6, 6.07) is 12.4. The molecule has 1 fully saturated rings. The average Bonchev–Trinajstić information content (AvgIpc) is 3.26. The number of nitrogens with zero attached hydrogens (tertiary/aromatic N) is 7. The first-order valence-electron chi connectivity index (χ1n) is 8.40. The molecule has 0 saturated carbocycles. The van der Waals surface area contributed by atoms with Gasteiger partial charge in [0.1, 0.15) is 12.6 Å². The summed E-state index contributed by atoms with van der Waals surface area (Å²) in [7, 11) is 1.90. The Labute approximate surface area is 146 Å². The Morgan fingerprint density at radius 1 is 1.16 bits per heavy atom. The lowest BCUT2D eigenvalue weighted by atomic mass is 10.2. The van der Waals surface area contributed by atoms with Crippen LogP contribution in [0.2, 0.25) is 0 Å². The van der Waals surface area contributed by atoms with Crippen molar-refractivity contribution in [1.29, 1.82) is 0 Å². The van der Waals surface area contributed by atoms with Gasteiger partial charge in [-0.1, -0.05) is 30.3 Å². The van der Waals surface area contributed by atoms with Gasteiger partial charge in [0.25, 0.3) is 0 Å². The minimum Gasteiger partial charge on any atom is -0.367 e. The maximum atomic E-state index is 5.87. The number of tetrazole rings is 1. The molecule has 1 aliphatic rings. The van der Waals surface area contributed by atoms with Crippen molar-refractivity contribution in [3.8, 4) is 0 Å². The van der Waals surface area contributed by atoms with Crippen molar-refractivity contribution in [1.82, 2.24) is 34.9 Å². The number of ether oxygens (including phenoxy) is 1. The summed E-state index contributed by atoms with van der Waals surface area (Å²) in [5.74, 6) is 0.639. The topological polar surface area (TPSA) is 73.9 Å². The number of morpholine rings is 1. The molecular weight excluding hydrogens is 318 g/mol. The molecule has 1 atom stereocenters. The van der Waals surface area contributed by atoms with Crippen LogP contribution in [0.25, 0.3) is 0 Å². The van der Waals surface area contributed by atoms with Crippen molar-refractivity contribution in [3.05, 3.63) is 59.7 Å². The van der Waals surface area contributed by atoms with E-state index in [1.165, 1.54) is 5.56 Å². The molecule has 2 aromatic heterocycles. The van der Waals surface area contributed by atoms with Crippen molar-refractivity contribution >= 4 is 0 Å². The second-order valence-electron chi connectivity index (χ2n) is 6.20. The van der Waals surface area contributed by atoms with Crippen LogP contribution in [0.1, 0.15) is 23.2 Å². The predicted octanol–water partition coefficient (Wildman–Crippen LogP) is 1.03. The van der Waals surface area contributed by atoms with Gasteiger partial charge >= 0.3 is 0 Å². The zero-order valence-corrected chi connectivity index (χ0v) is 14.2. The minimum absolute atomic E-state index is 0.141. The predicted molar refractivity (Wildman–Crippen MR) is 90.5 cm³/mol. The number of rotatable bonds is 5. The Hall–Kier alpha value is -2.58. The third-order valence-corrected chi connectivity index (χ3v) is 4.38. The van der Waals surface area contributed by atoms with Gasteiger partial charge in [0.2, 0.25) is 5.82 Å². The Morgan fingerprint density at radius 3 is 2.84 bits per heavy atom. The van der Waals surface area contributed by atoms with Crippen LogP contribution in [0.15, 0.2) is 42.6 Å². The zero-order chi connectivity index (χ0) is 17.1. The summed E-state index contributed by atoms with van der Waals surface area (Å²) in [5, 5.41) is 17.0. The molecule has 4 rings (SSSR count). The molecule has 25 heavy (non-hydrogen) atoms. The van der Waals surface area contributed by atoms with Crippen LogP contribution >= 0.6 is 0 Å². The lowest BCUT2D eigenvalue weighted by Gasteiger charge is -2.31. The van der Waals surface area contributed by atoms with Gasteiger partial charge in [0.05, 0.1) is 12.3 Å². The second kappa shape index (κ2) is 7.12. The minimum atomic E-state index is -0.141. The molecule has 0 radical (unpaired) electrons. The number of aryl methyl sites for hydroxylation is 1. The molecule has 8 nitrogen and oxygen atoms in total. The molecule has 0 bridgehead atoms. The summed E-state index contributed by atoms with van der Waals surface area (Å²) in [6.07, 6.45) is 1.62. The van der Waals surface area contributed by atoms with E-state index in [2.05, 4.69) is 49.7 Å². The van der Waals surface area contributed by atoms with E-state index in [9.17, 15) is 0 Å². The number of hydrogen-bond acceptors (Lipinski definition) is 6. The summed E-state index contributed by atoms with van der Waals surface area (Å²) < 4.78 is 7.67. The van der Waals surface area contributed by atoms with Crippen LogP contribution in [-0.4, -0.2) is 54.6 Å². The van der Waals surface area contributed by atoms with E-state index in [-0.39, 0.29) is 6.10 Å². The van der Waals surface area contributed by atoms with Crippen molar-refractivity contribution in [3.63, 3.8) is 0 Å². The van der Waals surface area contributed by atoms with E-state index >= 15 is 0 Å². The molecule has 1 aliphatic heterocycles. The first-order chi connectivity index (χ1) is 12.3. The zero-order valence-electron chi connectivity index (χ0n) is 14.2. The first kappa shape index (κ1) is 15.9. The molecule has 0 aliphatic carbocycles. The molecule has 130 valence electrons. The molecular formula is C17H21N7O. The highest BCUT2D eigenvalue weighted by molar-refractivity contribution is 5.14. The maximum absolute atomic E-state index is 5.87. The van der Waals surface area contributed by atoms with Crippen LogP contribution in [0.3, 0.4) is 0 Å². The van der Waals surface area contributed by atoms with Crippen LogP contribution in [-0.2, 0) is 24.9 Å². The molecule has 0 amide bonds. The van der Waals surface area contributed by atoms with Gasteiger partial charge in [0.15, 0.2) is 0 Å². The van der Waals surface area contributed by atoms with E-state index < -0.39 is 0 Å². The Kier molecular flexibility index (Phi) is 4.53. The van der Waals surface area contributed by atoms with E-state index in [1.807, 2.05) is 23.9 Å². The van der Waals surface area contributed by atoms with E-state index in [1.54, 1.807) is 11.0 Å². The fourth-order valence-corrected chi connectivity index (χ4v) is 3.00. The lowest BCUT2D eigenvalue weighted by Crippen LogP contribution is -2.38. The molecule has 3 aromatic rings. The van der Waals surface area contributed by atoms with Crippen LogP contribution in [0.5, 0.6) is 0 Å². The van der Waals surface area contributed by atoms with E-state index in [4.69, 9.17) is 4.74 Å². The van der Waals surface area contributed by atoms with Gasteiger partial charge < -0.3 is 4.74 Å². The Morgan fingerprint density at radius 2 is 2.04 bits per heavy atom. The molecule has 8 heteroatoms. The molecule has 1 unspecified atom stereocenters. The van der Waals surface area contributed by atoms with Gasteiger partial charge in [-0.15, -0.1) is 10.2 Å². The smallest absolute Gasteiger partial charge is 0.204 e. The van der Waals surface area contributed by atoms with Crippen LogP contribution in [0.4, 0.5) is 0 Å². The highest BCUT2D eigenvalue weighted by atomic mass is 16.5. The summed E-state index contributed by atoms with van der Waals surface area (Å²) >= 11 is 0. The number of benzene rings is 1. The SMILES string of the molecule is Cn1nccc1Cn1nnc(C2CN(Cc3ccccc3)CCO2)n1. The van der Waals surface area contributed by atoms with Crippen LogP contribution in [0, 0.1) is 0 Å². The third-order valence-electron chi connectivity index (χ3n) is 4.38. The lowest BCUT2D eigenvalue weighted by molar-refractivity contribution is -0.0373. The number of hydrogen-bond donors (Lipinski definition) is 0. The van der Waals surface area contributed by atoms with Crippen molar-refractivity contribution in [2.45, 2.75) is 19.2 Å².